The third-order valence-corrected chi connectivity index (χ3v) is 4.48. The Morgan fingerprint density at radius 2 is 1.58 bits per heavy atom. The van der Waals surface area contributed by atoms with E-state index in [-0.39, 0.29) is 0 Å². The predicted octanol–water partition coefficient (Wildman–Crippen LogP) is 3.76. The average molecular weight is 447 g/mol. The molecule has 0 aliphatic carbocycles. The minimum Gasteiger partial charge on any atom is -0.493 e. The number of methoxy groups -OCH3 is 2. The molecule has 4 rings (SSSR count). The second-order valence-corrected chi connectivity index (χ2v) is 6.54. The lowest BCUT2D eigenvalue weighted by molar-refractivity contribution is -0.159. The molecule has 9 heteroatoms. The molecule has 0 fully saturated rings. The van der Waals surface area contributed by atoms with Gasteiger partial charge in [0.15, 0.2) is 11.5 Å². The number of hydrogen-bond acceptors (Lipinski definition) is 6. The predicted molar refractivity (Wildman–Crippen MR) is 123 cm³/mol. The minimum absolute atomic E-state index is 0.692. The lowest BCUT2D eigenvalue weighted by Crippen LogP contribution is -2.09. The van der Waals surface area contributed by atoms with Crippen LogP contribution < -0.4 is 9.47 Å². The summed E-state index contributed by atoms with van der Waals surface area (Å²) in [6.45, 7) is 0. The largest absolute Gasteiger partial charge is 0.493 e. The van der Waals surface area contributed by atoms with Crippen molar-refractivity contribution in [3.8, 4) is 17.3 Å². The van der Waals surface area contributed by atoms with E-state index < -0.39 is 11.9 Å². The molecule has 2 aromatic heterocycles. The SMILES string of the molecule is COc1ccc(/C=C/c2nc3ccccc3n2-c2ccccn2)cc1OC.O=C(O)C(=O)O. The van der Waals surface area contributed by atoms with Gasteiger partial charge < -0.3 is 19.7 Å². The molecule has 0 bridgehead atoms. The van der Waals surface area contributed by atoms with Crippen molar-refractivity contribution < 1.29 is 29.3 Å². The first-order chi connectivity index (χ1) is 15.9. The van der Waals surface area contributed by atoms with Crippen LogP contribution >= 0.6 is 0 Å². The van der Waals surface area contributed by atoms with Gasteiger partial charge in [-0.15, -0.1) is 0 Å². The van der Waals surface area contributed by atoms with Crippen LogP contribution in [0.15, 0.2) is 66.9 Å². The first kappa shape index (κ1) is 23.0. The van der Waals surface area contributed by atoms with Crippen LogP contribution in [0.1, 0.15) is 11.4 Å². The Hall–Kier alpha value is -4.66. The van der Waals surface area contributed by atoms with Gasteiger partial charge in [-0.25, -0.2) is 19.6 Å². The summed E-state index contributed by atoms with van der Waals surface area (Å²) in [7, 11) is 3.26. The molecule has 0 amide bonds. The van der Waals surface area contributed by atoms with E-state index >= 15 is 0 Å². The van der Waals surface area contributed by atoms with Crippen molar-refractivity contribution >= 4 is 35.1 Å². The normalized spacial score (nSPS) is 10.5. The van der Waals surface area contributed by atoms with Crippen LogP contribution in [0.5, 0.6) is 11.5 Å². The molecule has 0 spiro atoms. The Morgan fingerprint density at radius 1 is 0.879 bits per heavy atom. The van der Waals surface area contributed by atoms with Crippen LogP contribution in [0, 0.1) is 0 Å². The molecule has 0 saturated heterocycles. The number of hydrogen-bond donors (Lipinski definition) is 2. The summed E-state index contributed by atoms with van der Waals surface area (Å²) in [5.74, 6) is -0.610. The highest BCUT2D eigenvalue weighted by atomic mass is 16.5. The lowest BCUT2D eigenvalue weighted by Gasteiger charge is -2.08. The quantitative estimate of drug-likeness (QED) is 0.443. The summed E-state index contributed by atoms with van der Waals surface area (Å²) >= 11 is 0. The molecule has 0 unspecified atom stereocenters. The number of carboxylic acid groups (broad SMARTS) is 2. The van der Waals surface area contributed by atoms with Gasteiger partial charge in [-0.05, 0) is 48.0 Å². The van der Waals surface area contributed by atoms with Crippen molar-refractivity contribution in [1.29, 1.82) is 0 Å². The first-order valence-corrected chi connectivity index (χ1v) is 9.69. The molecule has 0 aliphatic rings. The molecule has 0 atom stereocenters. The summed E-state index contributed by atoms with van der Waals surface area (Å²) in [5, 5.41) is 14.8. The van der Waals surface area contributed by atoms with Gasteiger partial charge in [0.2, 0.25) is 0 Å². The monoisotopic (exact) mass is 447 g/mol. The Bertz CT molecular complexity index is 1290. The highest BCUT2D eigenvalue weighted by Crippen LogP contribution is 2.28. The number of pyridine rings is 1. The number of aliphatic carboxylic acids is 2. The van der Waals surface area contributed by atoms with Crippen LogP contribution in [-0.4, -0.2) is 50.9 Å². The topological polar surface area (TPSA) is 124 Å². The van der Waals surface area contributed by atoms with Crippen molar-refractivity contribution in [2.24, 2.45) is 0 Å². The Kier molecular flexibility index (Phi) is 7.38. The number of para-hydroxylation sites is 2. The fourth-order valence-electron chi connectivity index (χ4n) is 3.01. The Morgan fingerprint density at radius 3 is 2.21 bits per heavy atom. The van der Waals surface area contributed by atoms with Crippen molar-refractivity contribution in [2.45, 2.75) is 0 Å². The highest BCUT2D eigenvalue weighted by Gasteiger charge is 2.11. The maximum atomic E-state index is 9.10. The van der Waals surface area contributed by atoms with E-state index in [1.165, 1.54) is 0 Å². The number of aromatic nitrogens is 3. The molecular formula is C24H21N3O6. The van der Waals surface area contributed by atoms with Crippen molar-refractivity contribution in [2.75, 3.05) is 14.2 Å². The van der Waals surface area contributed by atoms with Gasteiger partial charge in [0.25, 0.3) is 0 Å². The average Bonchev–Trinajstić information content (AvgIpc) is 3.21. The number of imidazole rings is 1. The fourth-order valence-corrected chi connectivity index (χ4v) is 3.01. The maximum absolute atomic E-state index is 9.10. The molecule has 33 heavy (non-hydrogen) atoms. The van der Waals surface area contributed by atoms with E-state index in [2.05, 4.69) is 4.98 Å². The summed E-state index contributed by atoms with van der Waals surface area (Å²) in [4.78, 5) is 27.4. The lowest BCUT2D eigenvalue weighted by atomic mass is 10.2. The van der Waals surface area contributed by atoms with Crippen LogP contribution in [0.4, 0.5) is 0 Å². The number of rotatable bonds is 5. The van der Waals surface area contributed by atoms with Crippen molar-refractivity contribution in [3.63, 3.8) is 0 Å². The van der Waals surface area contributed by atoms with Gasteiger partial charge in [0, 0.05) is 6.20 Å². The fraction of sp³-hybridized carbons (Fsp3) is 0.0833. The highest BCUT2D eigenvalue weighted by molar-refractivity contribution is 6.27. The smallest absolute Gasteiger partial charge is 0.414 e. The molecule has 168 valence electrons. The summed E-state index contributed by atoms with van der Waals surface area (Å²) in [6.07, 6.45) is 5.77. The van der Waals surface area contributed by atoms with E-state index in [1.54, 1.807) is 20.4 Å². The van der Waals surface area contributed by atoms with Gasteiger partial charge in [-0.1, -0.05) is 30.3 Å². The van der Waals surface area contributed by atoms with Crippen LogP contribution in [0.2, 0.25) is 0 Å². The molecular weight excluding hydrogens is 426 g/mol. The van der Waals surface area contributed by atoms with Crippen LogP contribution in [-0.2, 0) is 9.59 Å². The summed E-state index contributed by atoms with van der Waals surface area (Å²) < 4.78 is 12.7. The maximum Gasteiger partial charge on any atom is 0.414 e. The van der Waals surface area contributed by atoms with E-state index in [0.717, 1.165) is 28.2 Å². The molecule has 9 nitrogen and oxygen atoms in total. The molecule has 2 heterocycles. The number of nitrogens with zero attached hydrogens (tertiary/aromatic N) is 3. The van der Waals surface area contributed by atoms with Crippen LogP contribution in [0.25, 0.3) is 29.0 Å². The molecule has 4 aromatic rings. The standard InChI is InChI=1S/C22H19N3O2.C2H2O4/c1-26-19-12-10-16(15-20(19)27-2)11-13-22-24-17-7-3-4-8-18(17)25(22)21-9-5-6-14-23-21;3-1(4)2(5)6/h3-15H,1-2H3;(H,3,4)(H,5,6)/b13-11+;. The third kappa shape index (κ3) is 5.53. The zero-order valence-corrected chi connectivity index (χ0v) is 17.9. The molecule has 2 aromatic carbocycles. The molecule has 0 aliphatic heterocycles. The Balaban J connectivity index is 0.000000454. The van der Waals surface area contributed by atoms with Crippen molar-refractivity contribution in [3.05, 3.63) is 78.2 Å². The van der Waals surface area contributed by atoms with Gasteiger partial charge in [-0.2, -0.15) is 0 Å². The molecule has 0 saturated carbocycles. The third-order valence-electron chi connectivity index (χ3n) is 4.48. The second kappa shape index (κ2) is 10.6. The number of carbonyl (C=O) groups is 2. The Labute approximate surface area is 189 Å². The van der Waals surface area contributed by atoms with Gasteiger partial charge in [-0.3, -0.25) is 4.57 Å². The number of benzene rings is 2. The summed E-state index contributed by atoms with van der Waals surface area (Å²) in [6, 6.07) is 19.7. The number of ether oxygens (including phenoxy) is 2. The van der Waals surface area contributed by atoms with Gasteiger partial charge in [0.1, 0.15) is 11.6 Å². The molecule has 0 radical (unpaired) electrons. The second-order valence-electron chi connectivity index (χ2n) is 6.54. The zero-order valence-electron chi connectivity index (χ0n) is 17.9. The van der Waals surface area contributed by atoms with E-state index in [9.17, 15) is 0 Å². The zero-order chi connectivity index (χ0) is 23.8. The van der Waals surface area contributed by atoms with E-state index in [1.807, 2.05) is 77.4 Å². The van der Waals surface area contributed by atoms with Crippen molar-refractivity contribution in [1.82, 2.24) is 14.5 Å². The number of carboxylic acids is 2. The van der Waals surface area contributed by atoms with E-state index in [0.29, 0.717) is 11.5 Å². The number of fused-ring (bicyclic) bond motifs is 1. The van der Waals surface area contributed by atoms with Gasteiger partial charge >= 0.3 is 11.9 Å². The van der Waals surface area contributed by atoms with E-state index in [4.69, 9.17) is 34.3 Å². The molecule has 2 N–H and O–H groups in total. The van der Waals surface area contributed by atoms with Crippen LogP contribution in [0.3, 0.4) is 0 Å². The summed E-state index contributed by atoms with van der Waals surface area (Å²) in [5.41, 5.74) is 2.94. The first-order valence-electron chi connectivity index (χ1n) is 9.69. The van der Waals surface area contributed by atoms with Gasteiger partial charge in [0.05, 0.1) is 25.3 Å². The minimum atomic E-state index is -1.82.